The number of rotatable bonds is 5. The molecule has 0 spiro atoms. The third-order valence-electron chi connectivity index (χ3n) is 2.86. The van der Waals surface area contributed by atoms with E-state index in [1.54, 1.807) is 0 Å². The minimum absolute atomic E-state index is 0.920. The van der Waals surface area contributed by atoms with Gasteiger partial charge in [-0.25, -0.2) is 0 Å². The van der Waals surface area contributed by atoms with Crippen molar-refractivity contribution >= 4 is 17.0 Å². The molecule has 0 saturated heterocycles. The lowest BCUT2D eigenvalue weighted by Gasteiger charge is -2.04. The van der Waals surface area contributed by atoms with E-state index in [1.807, 2.05) is 13.0 Å². The van der Waals surface area contributed by atoms with E-state index in [-0.39, 0.29) is 0 Å². The molecule has 1 aromatic heterocycles. The molecule has 0 atom stereocenters. The molecule has 94 valence electrons. The third-order valence-corrected chi connectivity index (χ3v) is 2.86. The quantitative estimate of drug-likeness (QED) is 0.808. The molecular weight excluding hydrogens is 220 g/mol. The number of aryl methyl sites for hydroxylation is 1. The van der Waals surface area contributed by atoms with E-state index in [9.17, 15) is 0 Å². The van der Waals surface area contributed by atoms with Crippen LogP contribution in [0.2, 0.25) is 0 Å². The van der Waals surface area contributed by atoms with E-state index in [0.29, 0.717) is 0 Å². The van der Waals surface area contributed by atoms with E-state index in [2.05, 4.69) is 53.6 Å². The van der Waals surface area contributed by atoms with Gasteiger partial charge in [0.2, 0.25) is 0 Å². The number of hydrogen-bond acceptors (Lipinski definition) is 2. The van der Waals surface area contributed by atoms with Crippen LogP contribution in [0.5, 0.6) is 0 Å². The molecule has 2 aromatic rings. The normalized spacial score (nSPS) is 11.4. The first kappa shape index (κ1) is 12.8. The van der Waals surface area contributed by atoms with Crippen molar-refractivity contribution in [1.82, 2.24) is 10.3 Å². The molecule has 2 nitrogen and oxygen atoms in total. The molecule has 1 N–H and O–H groups in total. The van der Waals surface area contributed by atoms with Gasteiger partial charge < -0.3 is 5.32 Å². The minimum Gasteiger partial charge on any atom is -0.313 e. The topological polar surface area (TPSA) is 24.9 Å². The number of fused-ring (bicyclic) bond motifs is 1. The van der Waals surface area contributed by atoms with E-state index in [0.717, 1.165) is 24.3 Å². The second-order valence-electron chi connectivity index (χ2n) is 4.48. The Kier molecular flexibility index (Phi) is 4.48. The number of benzene rings is 1. The Labute approximate surface area is 109 Å². The molecule has 1 aromatic carbocycles. The highest BCUT2D eigenvalue weighted by atomic mass is 14.8. The van der Waals surface area contributed by atoms with Crippen LogP contribution in [0.3, 0.4) is 0 Å². The van der Waals surface area contributed by atoms with Gasteiger partial charge in [0, 0.05) is 17.6 Å². The molecule has 0 saturated carbocycles. The number of para-hydroxylation sites is 1. The number of nitrogens with zero attached hydrogens (tertiary/aromatic N) is 1. The number of hydrogen-bond donors (Lipinski definition) is 1. The Bertz CT molecular complexity index is 544. The second kappa shape index (κ2) is 6.31. The number of pyridine rings is 1. The zero-order valence-corrected chi connectivity index (χ0v) is 11.1. The molecule has 0 aliphatic carbocycles. The summed E-state index contributed by atoms with van der Waals surface area (Å²) in [5.74, 6) is 0. The van der Waals surface area contributed by atoms with Crippen molar-refractivity contribution in [2.75, 3.05) is 13.1 Å². The number of aromatic nitrogens is 1. The summed E-state index contributed by atoms with van der Waals surface area (Å²) in [6.07, 6.45) is 5.53. The summed E-state index contributed by atoms with van der Waals surface area (Å²) in [5.41, 5.74) is 3.38. The zero-order valence-electron chi connectivity index (χ0n) is 11.1. The largest absolute Gasteiger partial charge is 0.313 e. The maximum Gasteiger partial charge on any atom is 0.0711 e. The zero-order chi connectivity index (χ0) is 12.8. The van der Waals surface area contributed by atoms with Gasteiger partial charge in [-0.1, -0.05) is 37.3 Å². The van der Waals surface area contributed by atoms with Crippen molar-refractivity contribution in [3.8, 4) is 0 Å². The summed E-state index contributed by atoms with van der Waals surface area (Å²) < 4.78 is 0. The molecular formula is C16H20N2. The van der Waals surface area contributed by atoms with Gasteiger partial charge >= 0.3 is 0 Å². The van der Waals surface area contributed by atoms with Crippen LogP contribution in [0, 0.1) is 6.92 Å². The van der Waals surface area contributed by atoms with Crippen LogP contribution < -0.4 is 5.32 Å². The van der Waals surface area contributed by atoms with Crippen molar-refractivity contribution in [1.29, 1.82) is 0 Å². The molecule has 0 unspecified atom stereocenters. The van der Waals surface area contributed by atoms with Gasteiger partial charge in [-0.15, -0.1) is 0 Å². The molecule has 0 bridgehead atoms. The van der Waals surface area contributed by atoms with Gasteiger partial charge in [0.15, 0.2) is 0 Å². The Morgan fingerprint density at radius 2 is 2.11 bits per heavy atom. The lowest BCUT2D eigenvalue weighted by molar-refractivity contribution is 0.730. The summed E-state index contributed by atoms with van der Waals surface area (Å²) in [5, 5.41) is 4.58. The maximum atomic E-state index is 4.54. The molecule has 18 heavy (non-hydrogen) atoms. The standard InChI is InChI=1S/C16H20N2/c1-3-10-17-11-6-7-14-12-13(2)18-16-9-5-4-8-15(14)16/h4-9,12,17H,3,10-11H2,1-2H3. The van der Waals surface area contributed by atoms with Crippen LogP contribution in [-0.4, -0.2) is 18.1 Å². The van der Waals surface area contributed by atoms with E-state index in [1.165, 1.54) is 17.4 Å². The highest BCUT2D eigenvalue weighted by Gasteiger charge is 1.99. The molecule has 0 amide bonds. The average molecular weight is 240 g/mol. The monoisotopic (exact) mass is 240 g/mol. The van der Waals surface area contributed by atoms with E-state index < -0.39 is 0 Å². The number of nitrogens with one attached hydrogen (secondary N) is 1. The highest BCUT2D eigenvalue weighted by Crippen LogP contribution is 2.19. The van der Waals surface area contributed by atoms with Crippen molar-refractivity contribution in [3.63, 3.8) is 0 Å². The molecule has 2 heteroatoms. The van der Waals surface area contributed by atoms with E-state index >= 15 is 0 Å². The summed E-state index contributed by atoms with van der Waals surface area (Å²) in [6.45, 7) is 6.21. The Morgan fingerprint density at radius 1 is 1.28 bits per heavy atom. The second-order valence-corrected chi connectivity index (χ2v) is 4.48. The van der Waals surface area contributed by atoms with Crippen LogP contribution in [0.25, 0.3) is 17.0 Å². The van der Waals surface area contributed by atoms with Crippen LogP contribution in [-0.2, 0) is 0 Å². The van der Waals surface area contributed by atoms with Gasteiger partial charge in [0.1, 0.15) is 0 Å². The van der Waals surface area contributed by atoms with Gasteiger partial charge in [-0.05, 0) is 37.6 Å². The lowest BCUT2D eigenvalue weighted by atomic mass is 10.1. The van der Waals surface area contributed by atoms with Gasteiger partial charge in [-0.3, -0.25) is 4.98 Å². The fourth-order valence-electron chi connectivity index (χ4n) is 2.03. The smallest absolute Gasteiger partial charge is 0.0711 e. The molecule has 1 heterocycles. The summed E-state index contributed by atoms with van der Waals surface area (Å²) >= 11 is 0. The molecule has 0 aliphatic rings. The van der Waals surface area contributed by atoms with Crippen molar-refractivity contribution in [2.24, 2.45) is 0 Å². The fourth-order valence-corrected chi connectivity index (χ4v) is 2.03. The first-order valence-corrected chi connectivity index (χ1v) is 6.55. The Morgan fingerprint density at radius 3 is 2.94 bits per heavy atom. The van der Waals surface area contributed by atoms with Crippen LogP contribution >= 0.6 is 0 Å². The predicted octanol–water partition coefficient (Wildman–Crippen LogP) is 3.56. The first-order valence-electron chi connectivity index (χ1n) is 6.55. The van der Waals surface area contributed by atoms with E-state index in [4.69, 9.17) is 0 Å². The maximum absolute atomic E-state index is 4.54. The summed E-state index contributed by atoms with van der Waals surface area (Å²) in [4.78, 5) is 4.54. The molecule has 2 rings (SSSR count). The molecule has 0 radical (unpaired) electrons. The van der Waals surface area contributed by atoms with Gasteiger partial charge in [-0.2, -0.15) is 0 Å². The third kappa shape index (κ3) is 3.17. The Balaban J connectivity index is 2.21. The van der Waals surface area contributed by atoms with Crippen LogP contribution in [0.4, 0.5) is 0 Å². The Hall–Kier alpha value is -1.67. The summed E-state index contributed by atoms with van der Waals surface area (Å²) in [7, 11) is 0. The van der Waals surface area contributed by atoms with Crippen molar-refractivity contribution in [2.45, 2.75) is 20.3 Å². The SMILES string of the molecule is CCCNCC=Cc1cc(C)nc2ccccc12. The molecule has 0 fully saturated rings. The van der Waals surface area contributed by atoms with Gasteiger partial charge in [0.25, 0.3) is 0 Å². The van der Waals surface area contributed by atoms with Gasteiger partial charge in [0.05, 0.1) is 5.52 Å². The molecule has 0 aliphatic heterocycles. The van der Waals surface area contributed by atoms with Crippen LogP contribution in [0.1, 0.15) is 24.6 Å². The average Bonchev–Trinajstić information content (AvgIpc) is 2.38. The first-order chi connectivity index (χ1) is 8.81. The lowest BCUT2D eigenvalue weighted by Crippen LogP contribution is -2.13. The summed E-state index contributed by atoms with van der Waals surface area (Å²) in [6, 6.07) is 10.4. The van der Waals surface area contributed by atoms with Crippen molar-refractivity contribution in [3.05, 3.63) is 47.7 Å². The fraction of sp³-hybridized carbons (Fsp3) is 0.312. The predicted molar refractivity (Wildman–Crippen MR) is 78.7 cm³/mol. The minimum atomic E-state index is 0.920. The van der Waals surface area contributed by atoms with Crippen molar-refractivity contribution < 1.29 is 0 Å². The van der Waals surface area contributed by atoms with Crippen LogP contribution in [0.15, 0.2) is 36.4 Å². The highest BCUT2D eigenvalue weighted by molar-refractivity contribution is 5.87.